The van der Waals surface area contributed by atoms with Crippen molar-refractivity contribution < 1.29 is 23.5 Å². The molecule has 0 saturated heterocycles. The smallest absolute Gasteiger partial charge is 0.407 e. The minimum atomic E-state index is -0.963. The number of amides is 3. The summed E-state index contributed by atoms with van der Waals surface area (Å²) in [5.41, 5.74) is 2.35. The molecule has 3 amide bonds. The van der Waals surface area contributed by atoms with E-state index in [9.17, 15) is 18.4 Å². The Balaban J connectivity index is 1.67. The zero-order valence-electron chi connectivity index (χ0n) is 13.1. The van der Waals surface area contributed by atoms with Crippen molar-refractivity contribution in [3.8, 4) is 0 Å². The SMILES string of the molecule is O=C(Nc1cc(F)cc(F)c1)Nc1ccc2c(c1)CCN(C(=O)O)C2. The monoisotopic (exact) mass is 347 g/mol. The summed E-state index contributed by atoms with van der Waals surface area (Å²) >= 11 is 0. The first kappa shape index (κ1) is 16.7. The normalized spacial score (nSPS) is 13.1. The van der Waals surface area contributed by atoms with Crippen molar-refractivity contribution in [1.29, 1.82) is 0 Å². The van der Waals surface area contributed by atoms with E-state index in [1.165, 1.54) is 4.90 Å². The van der Waals surface area contributed by atoms with Gasteiger partial charge in [0, 0.05) is 30.5 Å². The van der Waals surface area contributed by atoms with Crippen molar-refractivity contribution in [3.05, 3.63) is 59.2 Å². The van der Waals surface area contributed by atoms with Crippen LogP contribution in [0, 0.1) is 11.6 Å². The van der Waals surface area contributed by atoms with Crippen molar-refractivity contribution >= 4 is 23.5 Å². The number of nitrogens with zero attached hydrogens (tertiary/aromatic N) is 1. The van der Waals surface area contributed by atoms with E-state index < -0.39 is 23.8 Å². The molecule has 0 unspecified atom stereocenters. The summed E-state index contributed by atoms with van der Waals surface area (Å²) in [7, 11) is 0. The Morgan fingerprint density at radius 1 is 0.960 bits per heavy atom. The molecule has 1 heterocycles. The number of halogens is 2. The molecule has 0 saturated carbocycles. The first-order valence-electron chi connectivity index (χ1n) is 7.54. The van der Waals surface area contributed by atoms with Crippen molar-refractivity contribution in [3.63, 3.8) is 0 Å². The Bertz CT molecular complexity index is 822. The second-order valence-corrected chi connectivity index (χ2v) is 5.67. The average Bonchev–Trinajstić information content (AvgIpc) is 2.53. The summed E-state index contributed by atoms with van der Waals surface area (Å²) < 4.78 is 26.2. The molecule has 3 rings (SSSR count). The van der Waals surface area contributed by atoms with Gasteiger partial charge in [0.25, 0.3) is 0 Å². The second kappa shape index (κ2) is 6.76. The number of hydrogen-bond acceptors (Lipinski definition) is 2. The van der Waals surface area contributed by atoms with E-state index in [1.807, 2.05) is 0 Å². The predicted octanol–water partition coefficient (Wildman–Crippen LogP) is 3.64. The van der Waals surface area contributed by atoms with Gasteiger partial charge in [0.2, 0.25) is 0 Å². The summed E-state index contributed by atoms with van der Waals surface area (Å²) in [6.45, 7) is 0.695. The van der Waals surface area contributed by atoms with Crippen LogP contribution in [0.4, 0.5) is 29.7 Å². The van der Waals surface area contributed by atoms with E-state index in [4.69, 9.17) is 5.11 Å². The van der Waals surface area contributed by atoms with Gasteiger partial charge in [-0.2, -0.15) is 0 Å². The third kappa shape index (κ3) is 4.03. The highest BCUT2D eigenvalue weighted by atomic mass is 19.1. The molecule has 0 aromatic heterocycles. The van der Waals surface area contributed by atoms with Crippen LogP contribution in [0.1, 0.15) is 11.1 Å². The van der Waals surface area contributed by atoms with Crippen LogP contribution in [0.3, 0.4) is 0 Å². The van der Waals surface area contributed by atoms with Crippen molar-refractivity contribution in [2.75, 3.05) is 17.2 Å². The average molecular weight is 347 g/mol. The van der Waals surface area contributed by atoms with E-state index in [0.29, 0.717) is 31.3 Å². The largest absolute Gasteiger partial charge is 0.465 e. The molecule has 0 aliphatic carbocycles. The van der Waals surface area contributed by atoms with E-state index in [2.05, 4.69) is 10.6 Å². The van der Waals surface area contributed by atoms with Gasteiger partial charge in [-0.15, -0.1) is 0 Å². The Hall–Kier alpha value is -3.16. The molecular weight excluding hydrogens is 332 g/mol. The van der Waals surface area contributed by atoms with E-state index in [1.54, 1.807) is 18.2 Å². The zero-order valence-corrected chi connectivity index (χ0v) is 13.1. The Morgan fingerprint density at radius 2 is 1.64 bits per heavy atom. The first-order chi connectivity index (χ1) is 11.9. The number of rotatable bonds is 2. The Kier molecular flexibility index (Phi) is 4.51. The van der Waals surface area contributed by atoms with Gasteiger partial charge >= 0.3 is 12.1 Å². The topological polar surface area (TPSA) is 81.7 Å². The fourth-order valence-corrected chi connectivity index (χ4v) is 2.71. The summed E-state index contributed by atoms with van der Waals surface area (Å²) in [5.74, 6) is -1.57. The van der Waals surface area contributed by atoms with Gasteiger partial charge in [-0.1, -0.05) is 6.07 Å². The second-order valence-electron chi connectivity index (χ2n) is 5.67. The number of carbonyl (C=O) groups excluding carboxylic acids is 1. The molecule has 130 valence electrons. The van der Waals surface area contributed by atoms with Gasteiger partial charge in [0.1, 0.15) is 11.6 Å². The molecule has 0 bridgehead atoms. The molecule has 8 heteroatoms. The van der Waals surface area contributed by atoms with Gasteiger partial charge in [-0.25, -0.2) is 18.4 Å². The summed E-state index contributed by atoms with van der Waals surface area (Å²) in [6, 6.07) is 7.27. The lowest BCUT2D eigenvalue weighted by Gasteiger charge is -2.26. The van der Waals surface area contributed by atoms with E-state index in [0.717, 1.165) is 23.3 Å². The standard InChI is InChI=1S/C17H15F2N3O3/c18-12-6-13(19)8-15(7-12)21-16(23)20-14-2-1-11-9-22(17(24)25)4-3-10(11)5-14/h1-2,5-8H,3-4,9H2,(H,24,25)(H2,20,21,23). The highest BCUT2D eigenvalue weighted by Crippen LogP contribution is 2.23. The third-order valence-corrected chi connectivity index (χ3v) is 3.87. The molecule has 0 fully saturated rings. The van der Waals surface area contributed by atoms with Crippen LogP contribution >= 0.6 is 0 Å². The lowest BCUT2D eigenvalue weighted by molar-refractivity contribution is 0.140. The van der Waals surface area contributed by atoms with Gasteiger partial charge in [0.15, 0.2) is 0 Å². The molecular formula is C17H15F2N3O3. The molecule has 6 nitrogen and oxygen atoms in total. The number of carbonyl (C=O) groups is 2. The number of hydrogen-bond donors (Lipinski definition) is 3. The number of urea groups is 1. The van der Waals surface area contributed by atoms with Crippen LogP contribution in [0.2, 0.25) is 0 Å². The van der Waals surface area contributed by atoms with Crippen LogP contribution in [-0.2, 0) is 13.0 Å². The lowest BCUT2D eigenvalue weighted by atomic mass is 9.99. The van der Waals surface area contributed by atoms with Crippen molar-refractivity contribution in [2.24, 2.45) is 0 Å². The summed E-state index contributed by atoms with van der Waals surface area (Å²) in [4.78, 5) is 24.3. The van der Waals surface area contributed by atoms with Gasteiger partial charge in [0.05, 0.1) is 0 Å². The predicted molar refractivity (Wildman–Crippen MR) is 87.6 cm³/mol. The molecule has 3 N–H and O–H groups in total. The van der Waals surface area contributed by atoms with Crippen LogP contribution < -0.4 is 10.6 Å². The Labute approximate surface area is 142 Å². The number of fused-ring (bicyclic) bond motifs is 1. The Morgan fingerprint density at radius 3 is 2.32 bits per heavy atom. The van der Waals surface area contributed by atoms with E-state index >= 15 is 0 Å². The molecule has 25 heavy (non-hydrogen) atoms. The van der Waals surface area contributed by atoms with Gasteiger partial charge in [-0.05, 0) is 41.8 Å². The fourth-order valence-electron chi connectivity index (χ4n) is 2.71. The zero-order chi connectivity index (χ0) is 18.0. The number of nitrogens with one attached hydrogen (secondary N) is 2. The van der Waals surface area contributed by atoms with Crippen LogP contribution in [0.15, 0.2) is 36.4 Å². The van der Waals surface area contributed by atoms with Crippen molar-refractivity contribution in [1.82, 2.24) is 4.90 Å². The van der Waals surface area contributed by atoms with Gasteiger partial charge < -0.3 is 20.6 Å². The maximum Gasteiger partial charge on any atom is 0.407 e. The number of carboxylic acid groups (broad SMARTS) is 1. The first-order valence-corrected chi connectivity index (χ1v) is 7.54. The van der Waals surface area contributed by atoms with E-state index in [-0.39, 0.29) is 5.69 Å². The lowest BCUT2D eigenvalue weighted by Crippen LogP contribution is -2.34. The quantitative estimate of drug-likeness (QED) is 0.776. The maximum atomic E-state index is 13.1. The summed E-state index contributed by atoms with van der Waals surface area (Å²) in [6.07, 6.45) is -0.414. The molecule has 2 aromatic rings. The summed E-state index contributed by atoms with van der Waals surface area (Å²) in [5, 5.41) is 14.0. The van der Waals surface area contributed by atoms with Gasteiger partial charge in [-0.3, -0.25) is 0 Å². The van der Waals surface area contributed by atoms with Crippen molar-refractivity contribution in [2.45, 2.75) is 13.0 Å². The molecule has 2 aromatic carbocycles. The minimum absolute atomic E-state index is 0.00469. The minimum Gasteiger partial charge on any atom is -0.465 e. The number of anilines is 2. The van der Waals surface area contributed by atoms with Crippen LogP contribution in [0.25, 0.3) is 0 Å². The third-order valence-electron chi connectivity index (χ3n) is 3.87. The highest BCUT2D eigenvalue weighted by Gasteiger charge is 2.20. The highest BCUT2D eigenvalue weighted by molar-refractivity contribution is 5.99. The molecule has 0 spiro atoms. The molecule has 1 aliphatic rings. The number of benzene rings is 2. The molecule has 1 aliphatic heterocycles. The molecule has 0 atom stereocenters. The molecule has 0 radical (unpaired) electrons. The maximum absolute atomic E-state index is 13.1. The van der Waals surface area contributed by atoms with Crippen LogP contribution in [-0.4, -0.2) is 28.7 Å². The van der Waals surface area contributed by atoms with Crippen LogP contribution in [0.5, 0.6) is 0 Å². The fraction of sp³-hybridized carbons (Fsp3) is 0.176.